The number of alkyl halides is 3. The fraction of sp³-hybridized carbons (Fsp3) is 0.0526. The molecule has 3 rings (SSSR count). The minimum atomic E-state index is -6.09. The van der Waals surface area contributed by atoms with Gasteiger partial charge in [0.15, 0.2) is 24.8 Å². The minimum Gasteiger partial charge on any atom is -0.741 e. The Morgan fingerprint density at radius 1 is 0.690 bits per heavy atom. The molecule has 0 saturated heterocycles. The highest BCUT2D eigenvalue weighted by molar-refractivity contribution is 7.97. The average molecular weight is 481 g/mol. The normalized spacial score (nSPS) is 11.7. The smallest absolute Gasteiger partial charge is 0.485 e. The summed E-state index contributed by atoms with van der Waals surface area (Å²) in [5, 5.41) is 1.51. The van der Waals surface area contributed by atoms with E-state index in [0.29, 0.717) is 0 Å². The van der Waals surface area contributed by atoms with Crippen molar-refractivity contribution in [2.24, 2.45) is 0 Å². The zero-order valence-corrected chi connectivity index (χ0v) is 17.6. The first-order valence-corrected chi connectivity index (χ1v) is 11.2. The van der Waals surface area contributed by atoms with Gasteiger partial charge in [-0.1, -0.05) is 41.4 Å². The van der Waals surface area contributed by atoms with Gasteiger partial charge in [0.2, 0.25) is 0 Å². The van der Waals surface area contributed by atoms with Gasteiger partial charge < -0.3 is 4.55 Å². The maximum atomic E-state index is 10.7. The first-order chi connectivity index (χ1) is 13.5. The molecule has 3 aromatic carbocycles. The predicted octanol–water partition coefficient (Wildman–Crippen LogP) is 6.14. The molecular weight excluding hydrogens is 468 g/mol. The molecule has 0 aromatic heterocycles. The summed E-state index contributed by atoms with van der Waals surface area (Å²) in [5.41, 5.74) is -5.65. The van der Waals surface area contributed by atoms with Crippen molar-refractivity contribution in [3.05, 3.63) is 88.9 Å². The molecular formula is C19H13Cl2F3O3S2. The molecule has 29 heavy (non-hydrogen) atoms. The van der Waals surface area contributed by atoms with Crippen LogP contribution in [0.2, 0.25) is 10.0 Å². The molecule has 0 aliphatic carbocycles. The Morgan fingerprint density at radius 3 is 1.31 bits per heavy atom. The van der Waals surface area contributed by atoms with E-state index in [1.54, 1.807) is 0 Å². The standard InChI is InChI=1S/C18H13Cl2S.CHF3O3S/c19-14-6-10-17(11-7-14)21(16-4-2-1-3-5-16)18-12-8-15(20)9-13-18;2-1(3,4)8(5,6)7/h1-13H;(H,5,6,7)/q+1;/p-1. The van der Waals surface area contributed by atoms with Crippen molar-refractivity contribution in [3.63, 3.8) is 0 Å². The van der Waals surface area contributed by atoms with Crippen molar-refractivity contribution in [3.8, 4) is 0 Å². The van der Waals surface area contributed by atoms with E-state index < -0.39 is 15.6 Å². The van der Waals surface area contributed by atoms with E-state index >= 15 is 0 Å². The molecule has 0 spiro atoms. The van der Waals surface area contributed by atoms with Crippen LogP contribution in [0.15, 0.2) is 93.5 Å². The average Bonchev–Trinajstić information content (AvgIpc) is 2.65. The second-order valence-corrected chi connectivity index (χ2v) is 9.70. The van der Waals surface area contributed by atoms with Gasteiger partial charge in [-0.15, -0.1) is 0 Å². The van der Waals surface area contributed by atoms with E-state index in [0.717, 1.165) is 10.0 Å². The van der Waals surface area contributed by atoms with Gasteiger partial charge in [0.1, 0.15) is 0 Å². The molecule has 3 aromatic rings. The van der Waals surface area contributed by atoms with Gasteiger partial charge in [-0.3, -0.25) is 0 Å². The van der Waals surface area contributed by atoms with E-state index in [4.69, 9.17) is 36.2 Å². The number of hydrogen-bond acceptors (Lipinski definition) is 3. The molecule has 0 bridgehead atoms. The minimum absolute atomic E-state index is 0.148. The largest absolute Gasteiger partial charge is 0.741 e. The van der Waals surface area contributed by atoms with E-state index in [9.17, 15) is 13.2 Å². The fourth-order valence-electron chi connectivity index (χ4n) is 2.11. The Labute approximate surface area is 179 Å². The molecule has 154 valence electrons. The zero-order chi connectivity index (χ0) is 21.7. The number of benzene rings is 3. The van der Waals surface area contributed by atoms with Crippen molar-refractivity contribution < 1.29 is 26.1 Å². The lowest BCUT2D eigenvalue weighted by atomic mass is 10.3. The van der Waals surface area contributed by atoms with Gasteiger partial charge >= 0.3 is 5.51 Å². The SMILES string of the molecule is Clc1ccc([S+](c2ccccc2)c2ccc(Cl)cc2)cc1.O=S(=O)([O-])C(F)(F)F. The maximum absolute atomic E-state index is 10.7. The number of hydrogen-bond donors (Lipinski definition) is 0. The van der Waals surface area contributed by atoms with Crippen LogP contribution in [-0.4, -0.2) is 18.5 Å². The van der Waals surface area contributed by atoms with E-state index in [2.05, 4.69) is 48.5 Å². The highest BCUT2D eigenvalue weighted by atomic mass is 35.5. The van der Waals surface area contributed by atoms with Crippen LogP contribution in [0.1, 0.15) is 0 Å². The lowest BCUT2D eigenvalue weighted by Crippen LogP contribution is -2.21. The molecule has 3 nitrogen and oxygen atoms in total. The van der Waals surface area contributed by atoms with Gasteiger partial charge in [-0.05, 0) is 60.7 Å². The summed E-state index contributed by atoms with van der Waals surface area (Å²) in [7, 11) is -6.24. The van der Waals surface area contributed by atoms with Gasteiger partial charge in [-0.2, -0.15) is 13.2 Å². The van der Waals surface area contributed by atoms with Gasteiger partial charge in [-0.25, -0.2) is 8.42 Å². The van der Waals surface area contributed by atoms with Crippen LogP contribution in [-0.2, 0) is 21.0 Å². The predicted molar refractivity (Wildman–Crippen MR) is 107 cm³/mol. The zero-order valence-electron chi connectivity index (χ0n) is 14.4. The van der Waals surface area contributed by atoms with Crippen LogP contribution in [0, 0.1) is 0 Å². The highest BCUT2D eigenvalue weighted by Crippen LogP contribution is 2.32. The second-order valence-electron chi connectivity index (χ2n) is 5.43. The first-order valence-electron chi connectivity index (χ1n) is 7.81. The molecule has 0 aliphatic rings. The summed E-state index contributed by atoms with van der Waals surface area (Å²) in [6, 6.07) is 26.6. The second kappa shape index (κ2) is 9.86. The molecule has 0 radical (unpaired) electrons. The van der Waals surface area contributed by atoms with Crippen molar-refractivity contribution >= 4 is 44.2 Å². The quantitative estimate of drug-likeness (QED) is 0.257. The van der Waals surface area contributed by atoms with Crippen molar-refractivity contribution in [2.45, 2.75) is 20.2 Å². The number of rotatable bonds is 3. The van der Waals surface area contributed by atoms with Crippen LogP contribution >= 0.6 is 23.2 Å². The highest BCUT2D eigenvalue weighted by Gasteiger charge is 2.37. The van der Waals surface area contributed by atoms with Gasteiger partial charge in [0.25, 0.3) is 0 Å². The van der Waals surface area contributed by atoms with Crippen molar-refractivity contribution in [2.75, 3.05) is 0 Å². The van der Waals surface area contributed by atoms with E-state index in [-0.39, 0.29) is 10.9 Å². The van der Waals surface area contributed by atoms with Gasteiger partial charge in [0, 0.05) is 10.0 Å². The Kier molecular flexibility index (Phi) is 8.02. The summed E-state index contributed by atoms with van der Waals surface area (Å²) in [4.78, 5) is 3.77. The molecule has 0 atom stereocenters. The third-order valence-electron chi connectivity index (χ3n) is 3.36. The molecule has 0 amide bonds. The van der Waals surface area contributed by atoms with Crippen molar-refractivity contribution in [1.82, 2.24) is 0 Å². The summed E-state index contributed by atoms with van der Waals surface area (Å²) in [5.74, 6) is 0. The van der Waals surface area contributed by atoms with Crippen LogP contribution in [0.4, 0.5) is 13.2 Å². The Bertz CT molecular complexity index is 980. The molecule has 0 aliphatic heterocycles. The molecule has 0 N–H and O–H groups in total. The lowest BCUT2D eigenvalue weighted by Gasteiger charge is -2.08. The van der Waals surface area contributed by atoms with Crippen LogP contribution in [0.25, 0.3) is 0 Å². The molecule has 0 fully saturated rings. The Morgan fingerprint density at radius 2 is 1.00 bits per heavy atom. The van der Waals surface area contributed by atoms with E-state index in [1.807, 2.05) is 30.3 Å². The number of halogens is 5. The van der Waals surface area contributed by atoms with Crippen LogP contribution < -0.4 is 0 Å². The maximum Gasteiger partial charge on any atom is 0.485 e. The Hall–Kier alpha value is -1.71. The summed E-state index contributed by atoms with van der Waals surface area (Å²) < 4.78 is 58.9. The Balaban J connectivity index is 0.000000321. The molecule has 0 saturated carbocycles. The van der Waals surface area contributed by atoms with Crippen LogP contribution in [0.3, 0.4) is 0 Å². The monoisotopic (exact) mass is 480 g/mol. The molecule has 0 heterocycles. The summed E-state index contributed by atoms with van der Waals surface area (Å²) in [6.45, 7) is 0. The summed E-state index contributed by atoms with van der Waals surface area (Å²) >= 11 is 12.0. The first kappa shape index (κ1) is 23.6. The summed E-state index contributed by atoms with van der Waals surface area (Å²) in [6.07, 6.45) is 0. The third-order valence-corrected chi connectivity index (χ3v) is 6.66. The lowest BCUT2D eigenvalue weighted by molar-refractivity contribution is -0.0517. The van der Waals surface area contributed by atoms with Gasteiger partial charge in [0.05, 0.1) is 10.9 Å². The van der Waals surface area contributed by atoms with Crippen molar-refractivity contribution in [1.29, 1.82) is 0 Å². The third kappa shape index (κ3) is 6.94. The molecule has 10 heteroatoms. The molecule has 0 unspecified atom stereocenters. The fourth-order valence-corrected chi connectivity index (χ4v) is 4.42. The van der Waals surface area contributed by atoms with E-state index in [1.165, 1.54) is 14.7 Å². The van der Waals surface area contributed by atoms with Crippen LogP contribution in [0.5, 0.6) is 0 Å². The topological polar surface area (TPSA) is 57.2 Å².